The number of carbonyl (C=O) groups excluding carboxylic acids is 1. The minimum Gasteiger partial charge on any atom is -0.490 e. The maximum atomic E-state index is 12.4. The lowest BCUT2D eigenvalue weighted by Crippen LogP contribution is -2.13. The molecule has 2 aromatic rings. The minimum absolute atomic E-state index is 0.170. The van der Waals surface area contributed by atoms with Crippen LogP contribution >= 0.6 is 11.3 Å². The van der Waals surface area contributed by atoms with E-state index in [-0.39, 0.29) is 12.0 Å². The van der Waals surface area contributed by atoms with Gasteiger partial charge in [0.1, 0.15) is 5.75 Å². The van der Waals surface area contributed by atoms with E-state index in [4.69, 9.17) is 4.74 Å². The number of nitrogens with one attached hydrogen (secondary N) is 1. The fraction of sp³-hybridized carbons (Fsp3) is 0.375. The number of thiazole rings is 1. The first-order valence-electron chi connectivity index (χ1n) is 7.16. The number of hydrogen-bond donors (Lipinski definition) is 1. The van der Waals surface area contributed by atoms with Crippen LogP contribution in [0.25, 0.3) is 0 Å². The molecule has 0 aliphatic heterocycles. The summed E-state index contributed by atoms with van der Waals surface area (Å²) < 4.78 is 5.78. The average molecular weight is 302 g/mol. The zero-order valence-electron chi connectivity index (χ0n) is 12.1. The lowest BCUT2D eigenvalue weighted by molar-refractivity contribution is 0.102. The van der Waals surface area contributed by atoms with Gasteiger partial charge in [0, 0.05) is 11.1 Å². The van der Waals surface area contributed by atoms with Crippen LogP contribution in [0.5, 0.6) is 5.75 Å². The zero-order chi connectivity index (χ0) is 14.8. The summed E-state index contributed by atoms with van der Waals surface area (Å²) in [5.74, 6) is 0.896. The summed E-state index contributed by atoms with van der Waals surface area (Å²) in [7, 11) is 0. The van der Waals surface area contributed by atoms with Crippen LogP contribution in [0.1, 0.15) is 47.8 Å². The van der Waals surface area contributed by atoms with E-state index >= 15 is 0 Å². The maximum absolute atomic E-state index is 12.4. The molecule has 0 spiro atoms. The second-order valence-electron chi connectivity index (χ2n) is 5.49. The van der Waals surface area contributed by atoms with Crippen molar-refractivity contribution in [1.82, 2.24) is 4.98 Å². The number of benzene rings is 1. The molecule has 21 heavy (non-hydrogen) atoms. The molecule has 0 radical (unpaired) electrons. The van der Waals surface area contributed by atoms with Crippen molar-refractivity contribution >= 4 is 22.4 Å². The first-order valence-corrected chi connectivity index (χ1v) is 7.98. The van der Waals surface area contributed by atoms with Crippen LogP contribution in [0, 0.1) is 0 Å². The van der Waals surface area contributed by atoms with Crippen molar-refractivity contribution in [2.45, 2.75) is 38.7 Å². The molecule has 3 rings (SSSR count). The molecule has 1 heterocycles. The summed E-state index contributed by atoms with van der Waals surface area (Å²) >= 11 is 1.51. The van der Waals surface area contributed by atoms with Crippen molar-refractivity contribution in [3.63, 3.8) is 0 Å². The monoisotopic (exact) mass is 302 g/mol. The summed E-state index contributed by atoms with van der Waals surface area (Å²) in [6.07, 6.45) is 4.23. The van der Waals surface area contributed by atoms with Crippen LogP contribution in [0.3, 0.4) is 0 Å². The van der Waals surface area contributed by atoms with Crippen LogP contribution in [-0.2, 0) is 0 Å². The second-order valence-corrected chi connectivity index (χ2v) is 6.55. The molecule has 0 unspecified atom stereocenters. The molecule has 0 atom stereocenters. The summed E-state index contributed by atoms with van der Waals surface area (Å²) in [6, 6.07) is 7.35. The minimum atomic E-state index is -0.170. The Bertz CT molecular complexity index is 647. The Hall–Kier alpha value is -1.88. The van der Waals surface area contributed by atoms with E-state index in [9.17, 15) is 4.79 Å². The first kappa shape index (κ1) is 14.1. The van der Waals surface area contributed by atoms with Gasteiger partial charge >= 0.3 is 0 Å². The Kier molecular flexibility index (Phi) is 3.92. The van der Waals surface area contributed by atoms with Crippen molar-refractivity contribution in [3.8, 4) is 5.75 Å². The Morgan fingerprint density at radius 2 is 2.14 bits per heavy atom. The quantitative estimate of drug-likeness (QED) is 0.906. The van der Waals surface area contributed by atoms with Crippen LogP contribution < -0.4 is 10.1 Å². The third-order valence-corrected chi connectivity index (χ3v) is 4.48. The molecule has 0 saturated heterocycles. The van der Waals surface area contributed by atoms with Gasteiger partial charge in [-0.2, -0.15) is 0 Å². The second kappa shape index (κ2) is 5.85. The fourth-order valence-electron chi connectivity index (χ4n) is 1.90. The number of ether oxygens (including phenoxy) is 1. The van der Waals surface area contributed by atoms with E-state index in [2.05, 4.69) is 24.1 Å². The number of anilines is 1. The molecule has 0 bridgehead atoms. The fourth-order valence-corrected chi connectivity index (χ4v) is 2.71. The van der Waals surface area contributed by atoms with E-state index in [1.807, 2.05) is 24.4 Å². The van der Waals surface area contributed by atoms with Gasteiger partial charge in [-0.25, -0.2) is 4.98 Å². The number of rotatable bonds is 5. The highest BCUT2D eigenvalue weighted by atomic mass is 32.1. The molecular weight excluding hydrogens is 284 g/mol. The molecule has 1 aliphatic rings. The van der Waals surface area contributed by atoms with Gasteiger partial charge in [-0.15, -0.1) is 11.3 Å². The average Bonchev–Trinajstić information content (AvgIpc) is 3.15. The molecule has 1 fully saturated rings. The number of nitrogens with zero attached hydrogens (tertiary/aromatic N) is 1. The van der Waals surface area contributed by atoms with Gasteiger partial charge in [0.15, 0.2) is 5.13 Å². The number of aromatic nitrogens is 1. The summed E-state index contributed by atoms with van der Waals surface area (Å²) in [5, 5.41) is 3.49. The Balaban J connectivity index is 1.74. The molecule has 1 amide bonds. The Morgan fingerprint density at radius 1 is 1.38 bits per heavy atom. The molecule has 1 aromatic carbocycles. The van der Waals surface area contributed by atoms with Crippen LogP contribution in [-0.4, -0.2) is 17.0 Å². The van der Waals surface area contributed by atoms with Gasteiger partial charge in [0.05, 0.1) is 11.7 Å². The summed E-state index contributed by atoms with van der Waals surface area (Å²) in [4.78, 5) is 17.8. The van der Waals surface area contributed by atoms with Crippen LogP contribution in [0.2, 0.25) is 0 Å². The van der Waals surface area contributed by atoms with Gasteiger partial charge in [-0.3, -0.25) is 10.1 Å². The predicted octanol–water partition coefficient (Wildman–Crippen LogP) is 4.06. The molecule has 1 saturated carbocycles. The normalized spacial score (nSPS) is 14.2. The van der Waals surface area contributed by atoms with Crippen molar-refractivity contribution in [3.05, 3.63) is 40.9 Å². The number of hydrogen-bond acceptors (Lipinski definition) is 4. The van der Waals surface area contributed by atoms with Gasteiger partial charge in [0.2, 0.25) is 0 Å². The van der Waals surface area contributed by atoms with Crippen molar-refractivity contribution in [1.29, 1.82) is 0 Å². The standard InChI is InChI=1S/C16H18N2O2S/c1-10(2)14-9-17-16(21-14)18-15(19)12-5-3-4-6-13(12)20-11-7-8-11/h3-6,9-11H,7-8H2,1-2H3,(H,17,18,19). The Labute approximate surface area is 128 Å². The molecule has 1 aliphatic carbocycles. The third kappa shape index (κ3) is 3.42. The first-order chi connectivity index (χ1) is 10.1. The van der Waals surface area contributed by atoms with Gasteiger partial charge < -0.3 is 4.74 Å². The maximum Gasteiger partial charge on any atom is 0.261 e. The SMILES string of the molecule is CC(C)c1cnc(NC(=O)c2ccccc2OC2CC2)s1. The molecule has 4 nitrogen and oxygen atoms in total. The van der Waals surface area contributed by atoms with E-state index in [0.29, 0.717) is 22.4 Å². The number of amides is 1. The zero-order valence-corrected chi connectivity index (χ0v) is 12.9. The largest absolute Gasteiger partial charge is 0.490 e. The van der Waals surface area contributed by atoms with E-state index in [0.717, 1.165) is 17.7 Å². The van der Waals surface area contributed by atoms with Gasteiger partial charge in [0.25, 0.3) is 5.91 Å². The smallest absolute Gasteiger partial charge is 0.261 e. The lowest BCUT2D eigenvalue weighted by Gasteiger charge is -2.09. The van der Waals surface area contributed by atoms with Gasteiger partial charge in [-0.1, -0.05) is 26.0 Å². The Morgan fingerprint density at radius 3 is 2.81 bits per heavy atom. The van der Waals surface area contributed by atoms with Crippen LogP contribution in [0.4, 0.5) is 5.13 Å². The van der Waals surface area contributed by atoms with Crippen LogP contribution in [0.15, 0.2) is 30.5 Å². The predicted molar refractivity (Wildman–Crippen MR) is 84.2 cm³/mol. The topological polar surface area (TPSA) is 51.2 Å². The highest BCUT2D eigenvalue weighted by Crippen LogP contribution is 2.30. The molecule has 110 valence electrons. The van der Waals surface area contributed by atoms with E-state index in [1.54, 1.807) is 6.07 Å². The molecule has 5 heteroatoms. The van der Waals surface area contributed by atoms with E-state index < -0.39 is 0 Å². The highest BCUT2D eigenvalue weighted by Gasteiger charge is 2.25. The van der Waals surface area contributed by atoms with Crippen molar-refractivity contribution in [2.24, 2.45) is 0 Å². The highest BCUT2D eigenvalue weighted by molar-refractivity contribution is 7.15. The summed E-state index contributed by atoms with van der Waals surface area (Å²) in [6.45, 7) is 4.22. The van der Waals surface area contributed by atoms with Gasteiger partial charge in [-0.05, 0) is 30.9 Å². The molecular formula is C16H18N2O2S. The van der Waals surface area contributed by atoms with Crippen molar-refractivity contribution < 1.29 is 9.53 Å². The van der Waals surface area contributed by atoms with E-state index in [1.165, 1.54) is 11.3 Å². The third-order valence-electron chi connectivity index (χ3n) is 3.26. The lowest BCUT2D eigenvalue weighted by atomic mass is 10.2. The number of para-hydroxylation sites is 1. The molecule has 1 N–H and O–H groups in total. The molecule has 1 aromatic heterocycles. The van der Waals surface area contributed by atoms with Crippen molar-refractivity contribution in [2.75, 3.05) is 5.32 Å². The summed E-state index contributed by atoms with van der Waals surface area (Å²) in [5.41, 5.74) is 0.561. The number of carbonyl (C=O) groups is 1.